The van der Waals surface area contributed by atoms with Crippen LogP contribution in [0.15, 0.2) is 12.3 Å². The van der Waals surface area contributed by atoms with Crippen LogP contribution in [-0.2, 0) is 0 Å². The second-order valence-electron chi connectivity index (χ2n) is 4.91. The van der Waals surface area contributed by atoms with Gasteiger partial charge < -0.3 is 11.1 Å². The van der Waals surface area contributed by atoms with Crippen LogP contribution in [-0.4, -0.2) is 18.1 Å². The topological polar surface area (TPSA) is 50.9 Å². The van der Waals surface area contributed by atoms with E-state index in [4.69, 9.17) is 5.73 Å². The highest BCUT2D eigenvalue weighted by atomic mass is 19.1. The molecule has 1 aliphatic carbocycles. The molecule has 1 saturated carbocycles. The fourth-order valence-corrected chi connectivity index (χ4v) is 2.64. The van der Waals surface area contributed by atoms with Crippen LogP contribution in [0.2, 0.25) is 0 Å². The van der Waals surface area contributed by atoms with Crippen molar-refractivity contribution in [1.29, 1.82) is 0 Å². The second kappa shape index (κ2) is 6.09. The molecule has 18 heavy (non-hydrogen) atoms. The average Bonchev–Trinajstić information content (AvgIpc) is 2.38. The van der Waals surface area contributed by atoms with Gasteiger partial charge >= 0.3 is 0 Å². The van der Waals surface area contributed by atoms with Crippen molar-refractivity contribution in [3.8, 4) is 0 Å². The van der Waals surface area contributed by atoms with Crippen LogP contribution in [0, 0.1) is 23.5 Å². The molecular weight excluding hydrogens is 236 g/mol. The molecule has 2 rings (SSSR count). The lowest BCUT2D eigenvalue weighted by atomic mass is 9.79. The third kappa shape index (κ3) is 3.16. The molecule has 1 fully saturated rings. The molecule has 0 amide bonds. The van der Waals surface area contributed by atoms with Crippen LogP contribution >= 0.6 is 0 Å². The van der Waals surface area contributed by atoms with Crippen LogP contribution in [0.25, 0.3) is 0 Å². The Morgan fingerprint density at radius 2 is 2.00 bits per heavy atom. The molecule has 0 saturated heterocycles. The van der Waals surface area contributed by atoms with Crippen molar-refractivity contribution in [2.24, 2.45) is 17.6 Å². The maximum atomic E-state index is 13.4. The van der Waals surface area contributed by atoms with E-state index < -0.39 is 11.6 Å². The van der Waals surface area contributed by atoms with E-state index in [1.807, 2.05) is 0 Å². The summed E-state index contributed by atoms with van der Waals surface area (Å²) < 4.78 is 26.1. The molecule has 1 aliphatic rings. The number of anilines is 1. The van der Waals surface area contributed by atoms with E-state index in [-0.39, 0.29) is 5.82 Å². The largest absolute Gasteiger partial charge is 0.367 e. The molecule has 1 aromatic heterocycles. The number of pyridine rings is 1. The summed E-state index contributed by atoms with van der Waals surface area (Å²) in [5, 5.41) is 2.97. The van der Waals surface area contributed by atoms with E-state index >= 15 is 0 Å². The number of hydrogen-bond donors (Lipinski definition) is 2. The van der Waals surface area contributed by atoms with E-state index in [1.165, 1.54) is 12.8 Å². The quantitative estimate of drug-likeness (QED) is 0.869. The minimum atomic E-state index is -0.657. The van der Waals surface area contributed by atoms with Crippen molar-refractivity contribution >= 4 is 5.82 Å². The molecule has 0 aromatic carbocycles. The van der Waals surface area contributed by atoms with Gasteiger partial charge in [-0.2, -0.15) is 0 Å². The van der Waals surface area contributed by atoms with Gasteiger partial charge in [0.2, 0.25) is 0 Å². The number of halogens is 2. The summed E-state index contributed by atoms with van der Waals surface area (Å²) in [4.78, 5) is 3.72. The molecule has 1 heterocycles. The summed E-state index contributed by atoms with van der Waals surface area (Å²) in [6.07, 6.45) is 5.69. The first kappa shape index (κ1) is 13.2. The maximum absolute atomic E-state index is 13.4. The number of hydrogen-bond acceptors (Lipinski definition) is 3. The third-order valence-corrected chi connectivity index (χ3v) is 3.71. The molecule has 1 aromatic rings. The fourth-order valence-electron chi connectivity index (χ4n) is 2.64. The highest BCUT2D eigenvalue weighted by Crippen LogP contribution is 2.29. The zero-order valence-corrected chi connectivity index (χ0v) is 10.3. The Kier molecular flexibility index (Phi) is 4.47. The standard InChI is InChI=1S/C13H19F2N3/c14-11-5-12(15)13(18-8-11)17-7-10-4-2-1-3-9(10)6-16/h5,8-10H,1-4,6-7,16H2,(H,17,18). The van der Waals surface area contributed by atoms with Crippen LogP contribution in [0.1, 0.15) is 25.7 Å². The van der Waals surface area contributed by atoms with E-state index in [0.717, 1.165) is 25.1 Å². The van der Waals surface area contributed by atoms with Gasteiger partial charge in [-0.25, -0.2) is 13.8 Å². The summed E-state index contributed by atoms with van der Waals surface area (Å²) >= 11 is 0. The smallest absolute Gasteiger partial charge is 0.168 e. The first-order valence-corrected chi connectivity index (χ1v) is 6.45. The first-order chi connectivity index (χ1) is 8.70. The highest BCUT2D eigenvalue weighted by molar-refractivity contribution is 5.35. The van der Waals surface area contributed by atoms with Gasteiger partial charge in [0, 0.05) is 12.6 Å². The van der Waals surface area contributed by atoms with E-state index in [9.17, 15) is 8.78 Å². The van der Waals surface area contributed by atoms with Gasteiger partial charge in [-0.05, 0) is 31.2 Å². The Labute approximate surface area is 106 Å². The monoisotopic (exact) mass is 255 g/mol. The number of nitrogens with zero attached hydrogens (tertiary/aromatic N) is 1. The fraction of sp³-hybridized carbons (Fsp3) is 0.615. The van der Waals surface area contributed by atoms with Crippen LogP contribution in [0.3, 0.4) is 0 Å². The van der Waals surface area contributed by atoms with Gasteiger partial charge in [-0.1, -0.05) is 12.8 Å². The Balaban J connectivity index is 1.93. The number of nitrogens with two attached hydrogens (primary N) is 1. The zero-order chi connectivity index (χ0) is 13.0. The molecule has 0 bridgehead atoms. The van der Waals surface area contributed by atoms with Gasteiger partial charge in [0.25, 0.3) is 0 Å². The van der Waals surface area contributed by atoms with E-state index in [2.05, 4.69) is 10.3 Å². The predicted octanol–water partition coefficient (Wildman–Crippen LogP) is 2.54. The van der Waals surface area contributed by atoms with Crippen molar-refractivity contribution in [2.45, 2.75) is 25.7 Å². The Bertz CT molecular complexity index is 398. The van der Waals surface area contributed by atoms with Crippen molar-refractivity contribution in [1.82, 2.24) is 4.98 Å². The normalized spacial score (nSPS) is 23.9. The summed E-state index contributed by atoms with van der Waals surface area (Å²) in [5.41, 5.74) is 5.75. The van der Waals surface area contributed by atoms with Crippen molar-refractivity contribution in [3.05, 3.63) is 23.9 Å². The lowest BCUT2D eigenvalue weighted by molar-refractivity contribution is 0.255. The van der Waals surface area contributed by atoms with Crippen LogP contribution in [0.4, 0.5) is 14.6 Å². The third-order valence-electron chi connectivity index (χ3n) is 3.71. The molecule has 100 valence electrons. The average molecular weight is 255 g/mol. The SMILES string of the molecule is NCC1CCCCC1CNc1ncc(F)cc1F. The van der Waals surface area contributed by atoms with Gasteiger partial charge in [-0.15, -0.1) is 0 Å². The van der Waals surface area contributed by atoms with Gasteiger partial charge in [-0.3, -0.25) is 0 Å². The van der Waals surface area contributed by atoms with Crippen molar-refractivity contribution in [2.75, 3.05) is 18.4 Å². The molecule has 0 radical (unpaired) electrons. The highest BCUT2D eigenvalue weighted by Gasteiger charge is 2.23. The molecule has 2 atom stereocenters. The predicted molar refractivity (Wildman–Crippen MR) is 67.1 cm³/mol. The van der Waals surface area contributed by atoms with Gasteiger partial charge in [0.15, 0.2) is 11.6 Å². The minimum Gasteiger partial charge on any atom is -0.367 e. The number of rotatable bonds is 4. The van der Waals surface area contributed by atoms with E-state index in [1.54, 1.807) is 0 Å². The summed E-state index contributed by atoms with van der Waals surface area (Å²) in [6.45, 7) is 1.32. The zero-order valence-electron chi connectivity index (χ0n) is 10.3. The summed E-state index contributed by atoms with van der Waals surface area (Å²) in [6, 6.07) is 0.844. The molecule has 0 spiro atoms. The summed E-state index contributed by atoms with van der Waals surface area (Å²) in [5.74, 6) is -0.229. The maximum Gasteiger partial charge on any atom is 0.168 e. The molecule has 5 heteroatoms. The molecule has 3 N–H and O–H groups in total. The Hall–Kier alpha value is -1.23. The number of aromatic nitrogens is 1. The molecule has 2 unspecified atom stereocenters. The molecule has 0 aliphatic heterocycles. The van der Waals surface area contributed by atoms with Gasteiger partial charge in [0.05, 0.1) is 6.20 Å². The van der Waals surface area contributed by atoms with Crippen molar-refractivity contribution in [3.63, 3.8) is 0 Å². The van der Waals surface area contributed by atoms with Gasteiger partial charge in [0.1, 0.15) is 5.82 Å². The van der Waals surface area contributed by atoms with Crippen LogP contribution < -0.4 is 11.1 Å². The number of nitrogens with one attached hydrogen (secondary N) is 1. The van der Waals surface area contributed by atoms with Crippen molar-refractivity contribution < 1.29 is 8.78 Å². The Morgan fingerprint density at radius 3 is 2.67 bits per heavy atom. The van der Waals surface area contributed by atoms with Crippen LogP contribution in [0.5, 0.6) is 0 Å². The second-order valence-corrected chi connectivity index (χ2v) is 4.91. The lowest BCUT2D eigenvalue weighted by Crippen LogP contribution is -2.31. The Morgan fingerprint density at radius 1 is 1.28 bits per heavy atom. The molecular formula is C13H19F2N3. The summed E-state index contributed by atoms with van der Waals surface area (Å²) in [7, 11) is 0. The molecule has 3 nitrogen and oxygen atoms in total. The first-order valence-electron chi connectivity index (χ1n) is 6.45. The minimum absolute atomic E-state index is 0.123. The van der Waals surface area contributed by atoms with E-state index in [0.29, 0.717) is 24.9 Å². The lowest BCUT2D eigenvalue weighted by Gasteiger charge is -2.30.